The lowest BCUT2D eigenvalue weighted by atomic mass is 10.1. The highest BCUT2D eigenvalue weighted by Crippen LogP contribution is 2.28. The summed E-state index contributed by atoms with van der Waals surface area (Å²) in [5.74, 6) is 2.06. The molecule has 0 saturated heterocycles. The first-order valence-electron chi connectivity index (χ1n) is 7.10. The molecule has 1 aromatic carbocycles. The SMILES string of the molecule is C1=CC(Nc2ccnc(Nc3ccc4c(c3)N=CC4)n2)=NC1. The first kappa shape index (κ1) is 12.7. The van der Waals surface area contributed by atoms with E-state index in [1.54, 1.807) is 6.20 Å². The maximum absolute atomic E-state index is 4.44. The van der Waals surface area contributed by atoms with Gasteiger partial charge in [0.15, 0.2) is 0 Å². The van der Waals surface area contributed by atoms with Crippen molar-refractivity contribution >= 4 is 35.2 Å². The lowest BCUT2D eigenvalue weighted by molar-refractivity contribution is 1.17. The first-order chi connectivity index (χ1) is 10.9. The van der Waals surface area contributed by atoms with E-state index in [-0.39, 0.29) is 0 Å². The quantitative estimate of drug-likeness (QED) is 0.911. The highest BCUT2D eigenvalue weighted by atomic mass is 15.2. The molecule has 0 fully saturated rings. The van der Waals surface area contributed by atoms with E-state index in [1.165, 1.54) is 5.56 Å². The highest BCUT2D eigenvalue weighted by molar-refractivity contribution is 6.04. The average molecular weight is 290 g/mol. The standard InChI is InChI=1S/C16H14N6/c1-2-14(18-7-1)21-15-6-9-19-16(22-15)20-12-4-3-11-5-8-17-13(11)10-12/h1-4,6,8-10H,5,7H2,(H2,18,19,20,21,22). The predicted molar refractivity (Wildman–Crippen MR) is 88.7 cm³/mol. The van der Waals surface area contributed by atoms with E-state index >= 15 is 0 Å². The van der Waals surface area contributed by atoms with Gasteiger partial charge in [0.25, 0.3) is 0 Å². The van der Waals surface area contributed by atoms with Crippen LogP contribution in [0.1, 0.15) is 5.56 Å². The number of nitrogens with one attached hydrogen (secondary N) is 2. The van der Waals surface area contributed by atoms with Crippen molar-refractivity contribution in [2.75, 3.05) is 17.2 Å². The molecule has 1 aromatic heterocycles. The van der Waals surface area contributed by atoms with Crippen LogP contribution in [0.2, 0.25) is 0 Å². The van der Waals surface area contributed by atoms with Crippen molar-refractivity contribution in [3.8, 4) is 0 Å². The summed E-state index contributed by atoms with van der Waals surface area (Å²) >= 11 is 0. The van der Waals surface area contributed by atoms with E-state index in [0.29, 0.717) is 18.3 Å². The Morgan fingerprint density at radius 2 is 2.09 bits per heavy atom. The predicted octanol–water partition coefficient (Wildman–Crippen LogP) is 2.86. The van der Waals surface area contributed by atoms with Crippen LogP contribution in [0.25, 0.3) is 0 Å². The first-order valence-corrected chi connectivity index (χ1v) is 7.10. The second kappa shape index (κ2) is 5.40. The van der Waals surface area contributed by atoms with Crippen molar-refractivity contribution in [1.29, 1.82) is 0 Å². The van der Waals surface area contributed by atoms with Crippen LogP contribution >= 0.6 is 0 Å². The van der Waals surface area contributed by atoms with Gasteiger partial charge in [-0.15, -0.1) is 0 Å². The molecule has 0 spiro atoms. The second-order valence-corrected chi connectivity index (χ2v) is 5.00. The molecule has 0 unspecified atom stereocenters. The van der Waals surface area contributed by atoms with Gasteiger partial charge >= 0.3 is 0 Å². The molecule has 22 heavy (non-hydrogen) atoms. The topological polar surface area (TPSA) is 74.6 Å². The minimum absolute atomic E-state index is 0.537. The molecule has 0 amide bonds. The van der Waals surface area contributed by atoms with Gasteiger partial charge in [0.05, 0.1) is 12.2 Å². The maximum Gasteiger partial charge on any atom is 0.229 e. The van der Waals surface area contributed by atoms with E-state index in [0.717, 1.165) is 23.6 Å². The molecule has 108 valence electrons. The molecule has 0 atom stereocenters. The Balaban J connectivity index is 1.53. The molecule has 0 aliphatic carbocycles. The van der Waals surface area contributed by atoms with E-state index < -0.39 is 0 Å². The summed E-state index contributed by atoms with van der Waals surface area (Å²) in [5, 5.41) is 6.36. The van der Waals surface area contributed by atoms with Crippen LogP contribution in [0, 0.1) is 0 Å². The Labute approximate surface area is 127 Å². The number of aliphatic imine (C=N–C) groups is 2. The minimum atomic E-state index is 0.537. The number of fused-ring (bicyclic) bond motifs is 1. The van der Waals surface area contributed by atoms with Crippen molar-refractivity contribution in [2.45, 2.75) is 6.42 Å². The van der Waals surface area contributed by atoms with E-state index in [9.17, 15) is 0 Å². The Morgan fingerprint density at radius 3 is 3.00 bits per heavy atom. The number of rotatable bonds is 3. The zero-order valence-corrected chi connectivity index (χ0v) is 11.8. The summed E-state index contributed by atoms with van der Waals surface area (Å²) in [6.07, 6.45) is 8.47. The van der Waals surface area contributed by atoms with Crippen LogP contribution in [0.3, 0.4) is 0 Å². The van der Waals surface area contributed by atoms with Gasteiger partial charge in [0, 0.05) is 24.5 Å². The smallest absolute Gasteiger partial charge is 0.229 e. The van der Waals surface area contributed by atoms with Crippen molar-refractivity contribution in [3.63, 3.8) is 0 Å². The molecule has 0 saturated carbocycles. The van der Waals surface area contributed by atoms with Crippen molar-refractivity contribution in [1.82, 2.24) is 9.97 Å². The number of hydrogen-bond acceptors (Lipinski definition) is 6. The largest absolute Gasteiger partial charge is 0.325 e. The van der Waals surface area contributed by atoms with Gasteiger partial charge in [-0.2, -0.15) is 4.98 Å². The average Bonchev–Trinajstić information content (AvgIpc) is 3.18. The molecule has 6 nitrogen and oxygen atoms in total. The number of nitrogens with zero attached hydrogens (tertiary/aromatic N) is 4. The molecular weight excluding hydrogens is 276 g/mol. The third-order valence-electron chi connectivity index (χ3n) is 3.44. The third kappa shape index (κ3) is 2.58. The fourth-order valence-corrected chi connectivity index (χ4v) is 2.37. The Morgan fingerprint density at radius 1 is 1.09 bits per heavy atom. The van der Waals surface area contributed by atoms with E-state index in [2.05, 4.69) is 36.7 Å². The number of anilines is 3. The molecule has 0 radical (unpaired) electrons. The Hall–Kier alpha value is -3.02. The normalized spacial score (nSPS) is 14.8. The van der Waals surface area contributed by atoms with Crippen LogP contribution in [-0.2, 0) is 6.42 Å². The highest BCUT2D eigenvalue weighted by Gasteiger charge is 2.08. The Bertz CT molecular complexity index is 806. The zero-order chi connectivity index (χ0) is 14.8. The lowest BCUT2D eigenvalue weighted by Gasteiger charge is -2.08. The molecule has 0 bridgehead atoms. The van der Waals surface area contributed by atoms with Crippen LogP contribution in [0.15, 0.2) is 52.6 Å². The summed E-state index contributed by atoms with van der Waals surface area (Å²) in [6.45, 7) is 0.716. The number of benzene rings is 1. The number of hydrogen-bond donors (Lipinski definition) is 2. The third-order valence-corrected chi connectivity index (χ3v) is 3.44. The van der Waals surface area contributed by atoms with Crippen LogP contribution < -0.4 is 10.6 Å². The van der Waals surface area contributed by atoms with Gasteiger partial charge in [0.1, 0.15) is 11.7 Å². The molecule has 2 aliphatic rings. The molecule has 4 rings (SSSR count). The second-order valence-electron chi connectivity index (χ2n) is 5.00. The zero-order valence-electron chi connectivity index (χ0n) is 11.8. The lowest BCUT2D eigenvalue weighted by Crippen LogP contribution is -2.09. The van der Waals surface area contributed by atoms with Gasteiger partial charge in [-0.3, -0.25) is 9.98 Å². The van der Waals surface area contributed by atoms with Crippen molar-refractivity contribution in [2.24, 2.45) is 9.98 Å². The van der Waals surface area contributed by atoms with Gasteiger partial charge in [-0.05, 0) is 29.8 Å². The fourth-order valence-electron chi connectivity index (χ4n) is 2.37. The monoisotopic (exact) mass is 290 g/mol. The summed E-state index contributed by atoms with van der Waals surface area (Å²) < 4.78 is 0. The van der Waals surface area contributed by atoms with Crippen LogP contribution in [-0.4, -0.2) is 28.6 Å². The van der Waals surface area contributed by atoms with Gasteiger partial charge < -0.3 is 10.6 Å². The number of amidine groups is 1. The maximum atomic E-state index is 4.44. The van der Waals surface area contributed by atoms with Gasteiger partial charge in [-0.1, -0.05) is 12.1 Å². The van der Waals surface area contributed by atoms with E-state index in [1.807, 2.05) is 36.6 Å². The molecule has 2 aromatic rings. The Kier molecular flexibility index (Phi) is 3.12. The molecule has 2 N–H and O–H groups in total. The minimum Gasteiger partial charge on any atom is -0.325 e. The van der Waals surface area contributed by atoms with Crippen LogP contribution in [0.5, 0.6) is 0 Å². The molecule has 2 aliphatic heterocycles. The van der Waals surface area contributed by atoms with Gasteiger partial charge in [-0.25, -0.2) is 4.98 Å². The summed E-state index contributed by atoms with van der Waals surface area (Å²) in [4.78, 5) is 17.3. The summed E-state index contributed by atoms with van der Waals surface area (Å²) in [7, 11) is 0. The molecule has 6 heteroatoms. The van der Waals surface area contributed by atoms with Gasteiger partial charge in [0.2, 0.25) is 5.95 Å². The molecule has 3 heterocycles. The summed E-state index contributed by atoms with van der Waals surface area (Å²) in [5.41, 5.74) is 3.17. The van der Waals surface area contributed by atoms with Crippen LogP contribution in [0.4, 0.5) is 23.1 Å². The van der Waals surface area contributed by atoms with Crippen molar-refractivity contribution < 1.29 is 0 Å². The molecular formula is C16H14N6. The summed E-state index contributed by atoms with van der Waals surface area (Å²) in [6, 6.07) is 7.91. The fraction of sp³-hybridized carbons (Fsp3) is 0.125. The number of aromatic nitrogens is 2. The van der Waals surface area contributed by atoms with Crippen molar-refractivity contribution in [3.05, 3.63) is 48.2 Å². The van der Waals surface area contributed by atoms with E-state index in [4.69, 9.17) is 0 Å².